The fourth-order valence-electron chi connectivity index (χ4n) is 0.960. The number of H-pyrrole nitrogens is 1. The maximum Gasteiger partial charge on any atom is 0.303 e. The van der Waals surface area contributed by atoms with E-state index in [1.54, 1.807) is 0 Å². The number of carboxylic acid groups (broad SMARTS) is 1. The molecule has 0 fully saturated rings. The maximum absolute atomic E-state index is 11.3. The molecular formula is C9H9NO4. The van der Waals surface area contributed by atoms with E-state index in [1.807, 2.05) is 0 Å². The molecule has 0 bridgehead atoms. The van der Waals surface area contributed by atoms with Gasteiger partial charge in [0.2, 0.25) is 11.6 Å². The van der Waals surface area contributed by atoms with Crippen molar-refractivity contribution in [3.05, 3.63) is 24.0 Å². The van der Waals surface area contributed by atoms with Gasteiger partial charge in [0.25, 0.3) is 0 Å². The van der Waals surface area contributed by atoms with Crippen LogP contribution in [0.15, 0.2) is 18.5 Å². The molecule has 1 aromatic heterocycles. The summed E-state index contributed by atoms with van der Waals surface area (Å²) >= 11 is 0. The average Bonchev–Trinajstić information content (AvgIpc) is 2.65. The van der Waals surface area contributed by atoms with Crippen LogP contribution in [-0.4, -0.2) is 27.6 Å². The average molecular weight is 195 g/mol. The molecule has 14 heavy (non-hydrogen) atoms. The zero-order valence-electron chi connectivity index (χ0n) is 7.32. The number of Topliss-reactive ketones (excluding diaryl/α,β-unsaturated/α-hetero) is 2. The van der Waals surface area contributed by atoms with Gasteiger partial charge in [0.1, 0.15) is 0 Å². The van der Waals surface area contributed by atoms with Crippen LogP contribution in [-0.2, 0) is 9.59 Å². The zero-order chi connectivity index (χ0) is 10.6. The lowest BCUT2D eigenvalue weighted by molar-refractivity contribution is -0.138. The molecule has 5 heteroatoms. The van der Waals surface area contributed by atoms with Gasteiger partial charge in [0, 0.05) is 24.4 Å². The molecule has 0 aromatic carbocycles. The first-order chi connectivity index (χ1) is 6.61. The van der Waals surface area contributed by atoms with E-state index in [0.717, 1.165) is 0 Å². The smallest absolute Gasteiger partial charge is 0.303 e. The molecule has 0 atom stereocenters. The Labute approximate surface area is 79.7 Å². The quantitative estimate of drug-likeness (QED) is 0.532. The fourth-order valence-corrected chi connectivity index (χ4v) is 0.960. The van der Waals surface area contributed by atoms with Crippen LogP contribution in [0.5, 0.6) is 0 Å². The van der Waals surface area contributed by atoms with Crippen LogP contribution in [0.1, 0.15) is 23.2 Å². The molecule has 1 rings (SSSR count). The van der Waals surface area contributed by atoms with E-state index in [2.05, 4.69) is 4.98 Å². The maximum atomic E-state index is 11.3. The number of aromatic amines is 1. The van der Waals surface area contributed by atoms with Crippen LogP contribution in [0.3, 0.4) is 0 Å². The molecule has 2 N–H and O–H groups in total. The Balaban J connectivity index is 2.54. The second-order valence-electron chi connectivity index (χ2n) is 2.75. The number of carboxylic acids is 1. The minimum Gasteiger partial charge on any atom is -0.481 e. The minimum atomic E-state index is -1.08. The van der Waals surface area contributed by atoms with Crippen molar-refractivity contribution >= 4 is 17.5 Å². The first-order valence-electron chi connectivity index (χ1n) is 4.03. The van der Waals surface area contributed by atoms with Gasteiger partial charge in [-0.05, 0) is 6.07 Å². The largest absolute Gasteiger partial charge is 0.481 e. The van der Waals surface area contributed by atoms with Crippen LogP contribution >= 0.6 is 0 Å². The van der Waals surface area contributed by atoms with Gasteiger partial charge in [-0.2, -0.15) is 0 Å². The minimum absolute atomic E-state index is 0.251. The van der Waals surface area contributed by atoms with Gasteiger partial charge in [0.15, 0.2) is 0 Å². The monoisotopic (exact) mass is 195 g/mol. The molecule has 0 radical (unpaired) electrons. The molecular weight excluding hydrogens is 186 g/mol. The van der Waals surface area contributed by atoms with E-state index >= 15 is 0 Å². The van der Waals surface area contributed by atoms with Crippen molar-refractivity contribution in [2.24, 2.45) is 0 Å². The molecule has 5 nitrogen and oxygen atoms in total. The Bertz CT molecular complexity index is 353. The number of carbonyl (C=O) groups is 3. The summed E-state index contributed by atoms with van der Waals surface area (Å²) in [5.41, 5.74) is 0.264. The molecule has 1 aromatic rings. The van der Waals surface area contributed by atoms with E-state index in [1.165, 1.54) is 18.5 Å². The summed E-state index contributed by atoms with van der Waals surface area (Å²) < 4.78 is 0. The van der Waals surface area contributed by atoms with Gasteiger partial charge in [-0.25, -0.2) is 0 Å². The van der Waals surface area contributed by atoms with Crippen molar-refractivity contribution in [1.29, 1.82) is 0 Å². The van der Waals surface area contributed by atoms with Crippen LogP contribution in [0, 0.1) is 0 Å². The van der Waals surface area contributed by atoms with Crippen molar-refractivity contribution < 1.29 is 19.5 Å². The van der Waals surface area contributed by atoms with Gasteiger partial charge < -0.3 is 10.1 Å². The van der Waals surface area contributed by atoms with E-state index < -0.39 is 17.5 Å². The van der Waals surface area contributed by atoms with Crippen LogP contribution in [0.25, 0.3) is 0 Å². The number of aromatic nitrogens is 1. The summed E-state index contributed by atoms with van der Waals surface area (Å²) in [6.45, 7) is 0. The summed E-state index contributed by atoms with van der Waals surface area (Å²) in [4.78, 5) is 35.2. The van der Waals surface area contributed by atoms with Crippen LogP contribution in [0.4, 0.5) is 0 Å². The molecule has 0 spiro atoms. The third kappa shape index (κ3) is 2.55. The zero-order valence-corrected chi connectivity index (χ0v) is 7.32. The van der Waals surface area contributed by atoms with E-state index in [-0.39, 0.29) is 18.4 Å². The number of hydrogen-bond acceptors (Lipinski definition) is 3. The third-order valence-corrected chi connectivity index (χ3v) is 1.68. The number of ketones is 2. The van der Waals surface area contributed by atoms with Gasteiger partial charge in [0.05, 0.1) is 6.42 Å². The van der Waals surface area contributed by atoms with Gasteiger partial charge >= 0.3 is 5.97 Å². The molecule has 0 amide bonds. The number of hydrogen-bond donors (Lipinski definition) is 2. The van der Waals surface area contributed by atoms with Crippen molar-refractivity contribution in [3.63, 3.8) is 0 Å². The van der Waals surface area contributed by atoms with E-state index in [4.69, 9.17) is 5.11 Å². The fraction of sp³-hybridized carbons (Fsp3) is 0.222. The Morgan fingerprint density at radius 1 is 1.29 bits per heavy atom. The first-order valence-corrected chi connectivity index (χ1v) is 4.03. The van der Waals surface area contributed by atoms with Crippen LogP contribution in [0.2, 0.25) is 0 Å². The van der Waals surface area contributed by atoms with Crippen molar-refractivity contribution in [3.8, 4) is 0 Å². The highest BCUT2D eigenvalue weighted by atomic mass is 16.4. The third-order valence-electron chi connectivity index (χ3n) is 1.68. The highest BCUT2D eigenvalue weighted by Gasteiger charge is 2.16. The lowest BCUT2D eigenvalue weighted by Crippen LogP contribution is -2.14. The normalized spacial score (nSPS) is 9.71. The molecule has 0 unspecified atom stereocenters. The summed E-state index contributed by atoms with van der Waals surface area (Å²) in [5.74, 6) is -2.40. The molecule has 0 saturated heterocycles. The molecule has 0 aliphatic rings. The molecule has 1 heterocycles. The Morgan fingerprint density at radius 3 is 2.50 bits per heavy atom. The molecule has 0 aliphatic carbocycles. The van der Waals surface area contributed by atoms with Crippen LogP contribution < -0.4 is 0 Å². The number of aliphatic carboxylic acids is 1. The summed E-state index contributed by atoms with van der Waals surface area (Å²) in [6, 6.07) is 1.47. The van der Waals surface area contributed by atoms with Gasteiger partial charge in [-0.3, -0.25) is 14.4 Å². The summed E-state index contributed by atoms with van der Waals surface area (Å²) in [7, 11) is 0. The van der Waals surface area contributed by atoms with E-state index in [0.29, 0.717) is 0 Å². The van der Waals surface area contributed by atoms with Gasteiger partial charge in [-0.15, -0.1) is 0 Å². The van der Waals surface area contributed by atoms with Crippen molar-refractivity contribution in [1.82, 2.24) is 4.98 Å². The number of carbonyl (C=O) groups excluding carboxylic acids is 2. The van der Waals surface area contributed by atoms with Crippen molar-refractivity contribution in [2.75, 3.05) is 0 Å². The SMILES string of the molecule is O=C(O)CCC(=O)C(=O)c1cc[nH]c1. The standard InChI is InChI=1S/C9H9NO4/c11-7(1-2-8(12)13)9(14)6-3-4-10-5-6/h3-5,10H,1-2H2,(H,12,13). The summed E-state index contributed by atoms with van der Waals surface area (Å²) in [6.07, 6.45) is 2.37. The van der Waals surface area contributed by atoms with Gasteiger partial charge in [-0.1, -0.05) is 0 Å². The topological polar surface area (TPSA) is 87.2 Å². The lowest BCUT2D eigenvalue weighted by atomic mass is 10.1. The second kappa shape index (κ2) is 4.36. The number of nitrogens with one attached hydrogen (secondary N) is 1. The summed E-state index contributed by atoms with van der Waals surface area (Å²) in [5, 5.41) is 8.31. The van der Waals surface area contributed by atoms with Crippen molar-refractivity contribution in [2.45, 2.75) is 12.8 Å². The molecule has 0 saturated carbocycles. The first kappa shape index (κ1) is 10.2. The highest BCUT2D eigenvalue weighted by Crippen LogP contribution is 2.02. The molecule has 0 aliphatic heterocycles. The predicted molar refractivity (Wildman–Crippen MR) is 47.0 cm³/mol. The Kier molecular flexibility index (Phi) is 3.17. The molecule has 74 valence electrons. The lowest BCUT2D eigenvalue weighted by Gasteiger charge is -1.94. The predicted octanol–water partition coefficient (Wildman–Crippen LogP) is 0.631. The number of rotatable bonds is 5. The van der Waals surface area contributed by atoms with E-state index in [9.17, 15) is 14.4 Å². The Morgan fingerprint density at radius 2 is 2.00 bits per heavy atom. The second-order valence-corrected chi connectivity index (χ2v) is 2.75. The highest BCUT2D eigenvalue weighted by molar-refractivity contribution is 6.43. The Hall–Kier alpha value is -1.91.